The van der Waals surface area contributed by atoms with E-state index in [0.717, 1.165) is 21.3 Å². The van der Waals surface area contributed by atoms with Gasteiger partial charge < -0.3 is 14.8 Å². The second-order valence-electron chi connectivity index (χ2n) is 5.73. The molecule has 138 valence electrons. The predicted octanol–water partition coefficient (Wildman–Crippen LogP) is 4.27. The number of benzene rings is 2. The van der Waals surface area contributed by atoms with Crippen LogP contribution in [0.25, 0.3) is 0 Å². The van der Waals surface area contributed by atoms with Crippen molar-refractivity contribution in [1.82, 2.24) is 0 Å². The third kappa shape index (κ3) is 6.19. The summed E-state index contributed by atoms with van der Waals surface area (Å²) in [6, 6.07) is 13.2. The van der Waals surface area contributed by atoms with Crippen LogP contribution in [0.4, 0.5) is 5.69 Å². The number of hydrogen-bond donors (Lipinski definition) is 1. The number of nitrogens with one attached hydrogen (secondary N) is 1. The van der Waals surface area contributed by atoms with E-state index in [2.05, 4.69) is 21.2 Å². The van der Waals surface area contributed by atoms with Crippen LogP contribution in [0, 0.1) is 6.92 Å². The summed E-state index contributed by atoms with van der Waals surface area (Å²) in [6.07, 6.45) is 0.686. The van der Waals surface area contributed by atoms with Crippen LogP contribution >= 0.6 is 15.9 Å². The van der Waals surface area contributed by atoms with Crippen LogP contribution in [0.3, 0.4) is 0 Å². The molecule has 0 unspecified atom stereocenters. The first-order chi connectivity index (χ1) is 12.5. The van der Waals surface area contributed by atoms with Gasteiger partial charge in [-0.1, -0.05) is 24.3 Å². The van der Waals surface area contributed by atoms with Crippen LogP contribution < -0.4 is 10.1 Å². The Morgan fingerprint density at radius 1 is 1.15 bits per heavy atom. The van der Waals surface area contributed by atoms with Crippen LogP contribution in [-0.2, 0) is 20.7 Å². The topological polar surface area (TPSA) is 64.6 Å². The quantitative estimate of drug-likeness (QED) is 0.648. The number of amides is 1. The fraction of sp³-hybridized carbons (Fsp3) is 0.300. The highest BCUT2D eigenvalue weighted by Crippen LogP contribution is 2.23. The maximum absolute atomic E-state index is 11.9. The number of ether oxygens (including phenoxy) is 2. The predicted molar refractivity (Wildman–Crippen MR) is 104 cm³/mol. The smallest absolute Gasteiger partial charge is 0.306 e. The lowest BCUT2D eigenvalue weighted by atomic mass is 10.1. The summed E-state index contributed by atoms with van der Waals surface area (Å²) in [5.74, 6) is -0.0307. The normalized spacial score (nSPS) is 10.3. The number of aryl methyl sites for hydroxylation is 2. The molecule has 0 bridgehead atoms. The number of hydrogen-bond acceptors (Lipinski definition) is 4. The van der Waals surface area contributed by atoms with E-state index in [1.165, 1.54) is 0 Å². The molecular formula is C20H22BrNO4. The van der Waals surface area contributed by atoms with Crippen LogP contribution in [-0.4, -0.2) is 25.1 Å². The summed E-state index contributed by atoms with van der Waals surface area (Å²) in [5, 5.41) is 2.71. The maximum atomic E-state index is 11.9. The van der Waals surface area contributed by atoms with Gasteiger partial charge in [-0.2, -0.15) is 0 Å². The molecule has 0 fully saturated rings. The second-order valence-corrected chi connectivity index (χ2v) is 6.59. The molecule has 0 aliphatic heterocycles. The highest BCUT2D eigenvalue weighted by molar-refractivity contribution is 9.10. The van der Waals surface area contributed by atoms with E-state index in [1.807, 2.05) is 50.2 Å². The van der Waals surface area contributed by atoms with Gasteiger partial charge in [-0.05, 0) is 65.5 Å². The Bertz CT molecular complexity index is 776. The van der Waals surface area contributed by atoms with E-state index < -0.39 is 5.97 Å². The van der Waals surface area contributed by atoms with E-state index in [-0.39, 0.29) is 18.9 Å². The molecule has 0 aliphatic carbocycles. The van der Waals surface area contributed by atoms with Gasteiger partial charge in [0.25, 0.3) is 5.91 Å². The fourth-order valence-electron chi connectivity index (χ4n) is 2.37. The zero-order valence-electron chi connectivity index (χ0n) is 14.9. The molecule has 6 heteroatoms. The molecule has 0 aromatic heterocycles. The van der Waals surface area contributed by atoms with E-state index in [0.29, 0.717) is 18.7 Å². The van der Waals surface area contributed by atoms with Crippen molar-refractivity contribution >= 4 is 33.5 Å². The Balaban J connectivity index is 1.79. The molecule has 0 heterocycles. The largest absolute Gasteiger partial charge is 0.494 e. The molecule has 5 nitrogen and oxygen atoms in total. The monoisotopic (exact) mass is 419 g/mol. The molecule has 0 atom stereocenters. The van der Waals surface area contributed by atoms with Crippen molar-refractivity contribution in [2.24, 2.45) is 0 Å². The lowest BCUT2D eigenvalue weighted by Crippen LogP contribution is -2.21. The van der Waals surface area contributed by atoms with Crippen LogP contribution in [0.5, 0.6) is 5.75 Å². The summed E-state index contributed by atoms with van der Waals surface area (Å²) in [4.78, 5) is 23.8. The minimum Gasteiger partial charge on any atom is -0.494 e. The average Bonchev–Trinajstić information content (AvgIpc) is 2.62. The zero-order valence-corrected chi connectivity index (χ0v) is 16.5. The molecule has 0 saturated carbocycles. The third-order valence-corrected chi connectivity index (χ3v) is 4.29. The number of carbonyl (C=O) groups excluding carboxylic acids is 2. The third-order valence-electron chi connectivity index (χ3n) is 3.63. The Morgan fingerprint density at radius 3 is 2.65 bits per heavy atom. The van der Waals surface area contributed by atoms with Crippen LogP contribution in [0.1, 0.15) is 24.5 Å². The molecule has 0 spiro atoms. The Hall–Kier alpha value is -2.34. The van der Waals surface area contributed by atoms with Gasteiger partial charge in [0, 0.05) is 10.9 Å². The van der Waals surface area contributed by atoms with Crippen molar-refractivity contribution in [3.05, 3.63) is 58.1 Å². The first-order valence-corrected chi connectivity index (χ1v) is 9.21. The number of halogens is 1. The van der Waals surface area contributed by atoms with E-state index >= 15 is 0 Å². The van der Waals surface area contributed by atoms with Crippen molar-refractivity contribution in [2.75, 3.05) is 18.5 Å². The minimum atomic E-state index is -0.422. The maximum Gasteiger partial charge on any atom is 0.306 e. The highest BCUT2D eigenvalue weighted by Gasteiger charge is 2.11. The first kappa shape index (κ1) is 20.0. The van der Waals surface area contributed by atoms with Gasteiger partial charge >= 0.3 is 5.97 Å². The van der Waals surface area contributed by atoms with Gasteiger partial charge in [0.2, 0.25) is 0 Å². The number of anilines is 1. The van der Waals surface area contributed by atoms with E-state index in [9.17, 15) is 9.59 Å². The Morgan fingerprint density at radius 2 is 1.92 bits per heavy atom. The molecule has 26 heavy (non-hydrogen) atoms. The minimum absolute atomic E-state index is 0.186. The van der Waals surface area contributed by atoms with E-state index in [1.54, 1.807) is 6.07 Å². The van der Waals surface area contributed by atoms with Gasteiger partial charge in [-0.3, -0.25) is 9.59 Å². The van der Waals surface area contributed by atoms with Crippen molar-refractivity contribution in [3.63, 3.8) is 0 Å². The highest BCUT2D eigenvalue weighted by atomic mass is 79.9. The summed E-state index contributed by atoms with van der Waals surface area (Å²) in [5.41, 5.74) is 2.66. The average molecular weight is 420 g/mol. The van der Waals surface area contributed by atoms with E-state index in [4.69, 9.17) is 9.47 Å². The Kier molecular flexibility index (Phi) is 7.66. The number of carbonyl (C=O) groups is 2. The first-order valence-electron chi connectivity index (χ1n) is 8.42. The van der Waals surface area contributed by atoms with Crippen molar-refractivity contribution in [3.8, 4) is 5.75 Å². The van der Waals surface area contributed by atoms with Gasteiger partial charge in [-0.25, -0.2) is 0 Å². The molecule has 2 rings (SSSR count). The standard InChI is InChI=1S/C20H22BrNO4/c1-3-25-18-7-5-4-6-15(18)9-11-20(24)26-13-19(23)22-17-10-8-14(2)12-16(17)21/h4-8,10,12H,3,9,11,13H2,1-2H3,(H,22,23). The van der Waals surface area contributed by atoms with Crippen LogP contribution in [0.2, 0.25) is 0 Å². The number of rotatable bonds is 8. The molecule has 2 aromatic rings. The second kappa shape index (κ2) is 9.97. The van der Waals surface area contributed by atoms with Gasteiger partial charge in [0.15, 0.2) is 6.61 Å². The SMILES string of the molecule is CCOc1ccccc1CCC(=O)OCC(=O)Nc1ccc(C)cc1Br. The van der Waals surface area contributed by atoms with Crippen molar-refractivity contribution < 1.29 is 19.1 Å². The lowest BCUT2D eigenvalue weighted by molar-refractivity contribution is -0.147. The van der Waals surface area contributed by atoms with Gasteiger partial charge in [0.05, 0.1) is 12.3 Å². The molecular weight excluding hydrogens is 398 g/mol. The zero-order chi connectivity index (χ0) is 18.9. The summed E-state index contributed by atoms with van der Waals surface area (Å²) >= 11 is 3.39. The molecule has 2 aromatic carbocycles. The molecule has 0 radical (unpaired) electrons. The number of esters is 1. The number of para-hydroxylation sites is 1. The fourth-order valence-corrected chi connectivity index (χ4v) is 2.96. The molecule has 0 saturated heterocycles. The Labute approximate surface area is 161 Å². The molecule has 0 aliphatic rings. The van der Waals surface area contributed by atoms with Crippen molar-refractivity contribution in [2.45, 2.75) is 26.7 Å². The van der Waals surface area contributed by atoms with Crippen molar-refractivity contribution in [1.29, 1.82) is 0 Å². The summed E-state index contributed by atoms with van der Waals surface area (Å²) in [7, 11) is 0. The summed E-state index contributed by atoms with van der Waals surface area (Å²) in [6.45, 7) is 4.13. The molecule has 1 amide bonds. The van der Waals surface area contributed by atoms with Gasteiger partial charge in [-0.15, -0.1) is 0 Å². The lowest BCUT2D eigenvalue weighted by Gasteiger charge is -2.10. The molecule has 1 N–H and O–H groups in total. The van der Waals surface area contributed by atoms with Crippen LogP contribution in [0.15, 0.2) is 46.9 Å². The summed E-state index contributed by atoms with van der Waals surface area (Å²) < 4.78 is 11.4. The van der Waals surface area contributed by atoms with Gasteiger partial charge in [0.1, 0.15) is 5.75 Å².